The molecular weight excluding hydrogens is 224 g/mol. The standard InChI is InChI=1S/C15H14N2O/c1-2-11-4-3-5-13(8-11)18-15-9-12(10-16)6-7-14(15)17/h3-9H,2,17H2,1H3. The summed E-state index contributed by atoms with van der Waals surface area (Å²) in [6.07, 6.45) is 0.949. The molecule has 0 aliphatic heterocycles. The van der Waals surface area contributed by atoms with Gasteiger partial charge in [0.05, 0.1) is 17.3 Å². The Kier molecular flexibility index (Phi) is 3.49. The van der Waals surface area contributed by atoms with Crippen molar-refractivity contribution in [2.75, 3.05) is 5.73 Å². The monoisotopic (exact) mass is 238 g/mol. The third kappa shape index (κ3) is 2.61. The molecular formula is C15H14N2O. The van der Waals surface area contributed by atoms with Crippen LogP contribution in [0.25, 0.3) is 0 Å². The summed E-state index contributed by atoms with van der Waals surface area (Å²) in [5.41, 5.74) is 8.08. The van der Waals surface area contributed by atoms with Gasteiger partial charge >= 0.3 is 0 Å². The highest BCUT2D eigenvalue weighted by Gasteiger charge is 2.04. The highest BCUT2D eigenvalue weighted by Crippen LogP contribution is 2.28. The van der Waals surface area contributed by atoms with Crippen LogP contribution >= 0.6 is 0 Å². The van der Waals surface area contributed by atoms with Crippen molar-refractivity contribution in [3.05, 3.63) is 53.6 Å². The molecule has 0 atom stereocenters. The van der Waals surface area contributed by atoms with E-state index in [0.29, 0.717) is 17.0 Å². The van der Waals surface area contributed by atoms with Gasteiger partial charge in [-0.15, -0.1) is 0 Å². The smallest absolute Gasteiger partial charge is 0.151 e. The molecule has 2 aromatic carbocycles. The van der Waals surface area contributed by atoms with E-state index in [2.05, 4.69) is 13.0 Å². The summed E-state index contributed by atoms with van der Waals surface area (Å²) in [4.78, 5) is 0. The molecule has 18 heavy (non-hydrogen) atoms. The molecule has 0 bridgehead atoms. The lowest BCUT2D eigenvalue weighted by atomic mass is 10.1. The van der Waals surface area contributed by atoms with Gasteiger partial charge in [0.2, 0.25) is 0 Å². The molecule has 2 aromatic rings. The van der Waals surface area contributed by atoms with Crippen LogP contribution in [0.1, 0.15) is 18.1 Å². The van der Waals surface area contributed by atoms with E-state index in [1.165, 1.54) is 5.56 Å². The maximum Gasteiger partial charge on any atom is 0.151 e. The third-order valence-corrected chi connectivity index (χ3v) is 2.68. The Morgan fingerprint density at radius 1 is 1.22 bits per heavy atom. The van der Waals surface area contributed by atoms with E-state index < -0.39 is 0 Å². The Morgan fingerprint density at radius 2 is 2.06 bits per heavy atom. The number of nitrogen functional groups attached to an aromatic ring is 1. The molecule has 2 rings (SSSR count). The fraction of sp³-hybridized carbons (Fsp3) is 0.133. The molecule has 0 aromatic heterocycles. The van der Waals surface area contributed by atoms with E-state index in [-0.39, 0.29) is 0 Å². The number of rotatable bonds is 3. The van der Waals surface area contributed by atoms with Gasteiger partial charge in [-0.25, -0.2) is 0 Å². The molecule has 0 amide bonds. The van der Waals surface area contributed by atoms with Crippen molar-refractivity contribution >= 4 is 5.69 Å². The Bertz CT molecular complexity index is 600. The largest absolute Gasteiger partial charge is 0.455 e. The second-order valence-electron chi connectivity index (χ2n) is 3.97. The molecule has 0 spiro atoms. The minimum Gasteiger partial charge on any atom is -0.455 e. The molecule has 90 valence electrons. The van der Waals surface area contributed by atoms with E-state index in [4.69, 9.17) is 15.7 Å². The Hall–Kier alpha value is -2.47. The number of nitrogens with zero attached hydrogens (tertiary/aromatic N) is 1. The average Bonchev–Trinajstić information content (AvgIpc) is 2.41. The number of nitriles is 1. The quantitative estimate of drug-likeness (QED) is 0.832. The highest BCUT2D eigenvalue weighted by atomic mass is 16.5. The first-order chi connectivity index (χ1) is 8.72. The third-order valence-electron chi connectivity index (χ3n) is 2.68. The zero-order valence-electron chi connectivity index (χ0n) is 10.2. The Morgan fingerprint density at radius 3 is 2.78 bits per heavy atom. The van der Waals surface area contributed by atoms with Crippen molar-refractivity contribution in [2.45, 2.75) is 13.3 Å². The molecule has 0 saturated heterocycles. The number of anilines is 1. The maximum absolute atomic E-state index is 8.85. The maximum atomic E-state index is 8.85. The van der Waals surface area contributed by atoms with Gasteiger partial charge in [-0.1, -0.05) is 19.1 Å². The number of hydrogen-bond donors (Lipinski definition) is 1. The van der Waals surface area contributed by atoms with Crippen LogP contribution in [0.15, 0.2) is 42.5 Å². The molecule has 0 radical (unpaired) electrons. The second-order valence-corrected chi connectivity index (χ2v) is 3.97. The van der Waals surface area contributed by atoms with Crippen LogP contribution in [-0.4, -0.2) is 0 Å². The fourth-order valence-corrected chi connectivity index (χ4v) is 1.65. The van der Waals surface area contributed by atoms with Gasteiger partial charge in [-0.3, -0.25) is 0 Å². The lowest BCUT2D eigenvalue weighted by Crippen LogP contribution is -1.93. The summed E-state index contributed by atoms with van der Waals surface area (Å²) in [6.45, 7) is 2.09. The van der Waals surface area contributed by atoms with Crippen LogP contribution in [0, 0.1) is 11.3 Å². The number of benzene rings is 2. The number of ether oxygens (including phenoxy) is 1. The Labute approximate surface area is 106 Å². The van der Waals surface area contributed by atoms with Gasteiger partial charge in [0.1, 0.15) is 5.75 Å². The predicted molar refractivity (Wildman–Crippen MR) is 71.5 cm³/mol. The van der Waals surface area contributed by atoms with Crippen molar-refractivity contribution in [2.24, 2.45) is 0 Å². The zero-order valence-corrected chi connectivity index (χ0v) is 10.2. The van der Waals surface area contributed by atoms with Crippen molar-refractivity contribution in [1.82, 2.24) is 0 Å². The SMILES string of the molecule is CCc1cccc(Oc2cc(C#N)ccc2N)c1. The molecule has 3 nitrogen and oxygen atoms in total. The number of aryl methyl sites for hydroxylation is 1. The second kappa shape index (κ2) is 5.24. The first-order valence-electron chi connectivity index (χ1n) is 5.79. The van der Waals surface area contributed by atoms with E-state index >= 15 is 0 Å². The zero-order chi connectivity index (χ0) is 13.0. The molecule has 3 heteroatoms. The summed E-state index contributed by atoms with van der Waals surface area (Å²) in [7, 11) is 0. The summed E-state index contributed by atoms with van der Waals surface area (Å²) in [5.74, 6) is 1.25. The average molecular weight is 238 g/mol. The molecule has 0 fully saturated rings. The van der Waals surface area contributed by atoms with Gasteiger partial charge in [-0.2, -0.15) is 5.26 Å². The van der Waals surface area contributed by atoms with Crippen LogP contribution in [0.2, 0.25) is 0 Å². The van der Waals surface area contributed by atoms with Crippen LogP contribution in [0.3, 0.4) is 0 Å². The van der Waals surface area contributed by atoms with Crippen LogP contribution in [0.4, 0.5) is 5.69 Å². The first-order valence-corrected chi connectivity index (χ1v) is 5.79. The summed E-state index contributed by atoms with van der Waals surface area (Å²) in [5, 5.41) is 8.85. The first kappa shape index (κ1) is 12.0. The van der Waals surface area contributed by atoms with E-state index in [1.54, 1.807) is 18.2 Å². The Balaban J connectivity index is 2.30. The van der Waals surface area contributed by atoms with E-state index in [0.717, 1.165) is 12.2 Å². The summed E-state index contributed by atoms with van der Waals surface area (Å²) in [6, 6.07) is 14.9. The molecule has 2 N–H and O–H groups in total. The summed E-state index contributed by atoms with van der Waals surface area (Å²) < 4.78 is 5.72. The van der Waals surface area contributed by atoms with E-state index in [9.17, 15) is 0 Å². The van der Waals surface area contributed by atoms with Gasteiger partial charge in [-0.05, 0) is 36.2 Å². The van der Waals surface area contributed by atoms with Crippen molar-refractivity contribution in [3.63, 3.8) is 0 Å². The van der Waals surface area contributed by atoms with Crippen molar-refractivity contribution < 1.29 is 4.74 Å². The van der Waals surface area contributed by atoms with Crippen LogP contribution in [-0.2, 0) is 6.42 Å². The molecule has 0 aliphatic rings. The minimum atomic E-state index is 0.516. The van der Waals surface area contributed by atoms with Crippen molar-refractivity contribution in [3.8, 4) is 17.6 Å². The predicted octanol–water partition coefficient (Wildman–Crippen LogP) is 3.50. The van der Waals surface area contributed by atoms with Crippen LogP contribution in [0.5, 0.6) is 11.5 Å². The fourth-order valence-electron chi connectivity index (χ4n) is 1.65. The van der Waals surface area contributed by atoms with Crippen molar-refractivity contribution in [1.29, 1.82) is 5.26 Å². The van der Waals surface area contributed by atoms with Gasteiger partial charge < -0.3 is 10.5 Å². The molecule has 0 aliphatic carbocycles. The number of nitrogens with two attached hydrogens (primary N) is 1. The highest BCUT2D eigenvalue weighted by molar-refractivity contribution is 5.57. The molecule has 0 unspecified atom stereocenters. The topological polar surface area (TPSA) is 59.0 Å². The normalized spacial score (nSPS) is 9.78. The minimum absolute atomic E-state index is 0.516. The lowest BCUT2D eigenvalue weighted by molar-refractivity contribution is 0.484. The van der Waals surface area contributed by atoms with Gasteiger partial charge in [0.15, 0.2) is 5.75 Å². The molecule has 0 saturated carbocycles. The lowest BCUT2D eigenvalue weighted by Gasteiger charge is -2.09. The van der Waals surface area contributed by atoms with Crippen LogP contribution < -0.4 is 10.5 Å². The summed E-state index contributed by atoms with van der Waals surface area (Å²) >= 11 is 0. The van der Waals surface area contributed by atoms with E-state index in [1.807, 2.05) is 24.3 Å². The van der Waals surface area contributed by atoms with Gasteiger partial charge in [0.25, 0.3) is 0 Å². The van der Waals surface area contributed by atoms with Gasteiger partial charge in [0, 0.05) is 6.07 Å². The molecule has 0 heterocycles. The number of hydrogen-bond acceptors (Lipinski definition) is 3.